The van der Waals surface area contributed by atoms with Gasteiger partial charge in [-0.15, -0.1) is 0 Å². The van der Waals surface area contributed by atoms with Gasteiger partial charge in [-0.2, -0.15) is 13.2 Å². The summed E-state index contributed by atoms with van der Waals surface area (Å²) in [6, 6.07) is 4.33. The number of carbonyl (C=O) groups excluding carboxylic acids is 1. The molecule has 0 saturated carbocycles. The third-order valence-corrected chi connectivity index (χ3v) is 5.34. The number of halogens is 3. The molecule has 8 nitrogen and oxygen atoms in total. The summed E-state index contributed by atoms with van der Waals surface area (Å²) in [5, 5.41) is 7.12. The van der Waals surface area contributed by atoms with Crippen LogP contribution in [0.15, 0.2) is 22.8 Å². The van der Waals surface area contributed by atoms with Gasteiger partial charge in [-0.25, -0.2) is 4.79 Å². The maximum absolute atomic E-state index is 11.9. The number of furan rings is 1. The van der Waals surface area contributed by atoms with Crippen LogP contribution in [0, 0.1) is 0 Å². The fraction of sp³-hybridized carbons (Fsp3) is 0.684. The van der Waals surface area contributed by atoms with E-state index in [0.717, 1.165) is 51.3 Å². The summed E-state index contributed by atoms with van der Waals surface area (Å²) in [5.74, 6) is -1.70. The third kappa shape index (κ3) is 6.71. The van der Waals surface area contributed by atoms with Crippen molar-refractivity contribution in [2.24, 2.45) is 0 Å². The Bertz CT molecular complexity index is 687. The number of carboxylic acid groups (broad SMARTS) is 1. The number of hydrogen-bond donors (Lipinski definition) is 1. The van der Waals surface area contributed by atoms with Crippen molar-refractivity contribution in [3.63, 3.8) is 0 Å². The molecular formula is C19H27F3N2O6. The summed E-state index contributed by atoms with van der Waals surface area (Å²) in [6.07, 6.45) is -0.528. The number of likely N-dealkylation sites (tertiary alicyclic amines) is 1. The number of amides is 1. The second-order valence-electron chi connectivity index (χ2n) is 7.46. The summed E-state index contributed by atoms with van der Waals surface area (Å²) in [7, 11) is 3.68. The van der Waals surface area contributed by atoms with E-state index >= 15 is 0 Å². The maximum atomic E-state index is 11.9. The number of methoxy groups -OCH3 is 1. The quantitative estimate of drug-likeness (QED) is 0.756. The second kappa shape index (κ2) is 10.3. The van der Waals surface area contributed by atoms with E-state index in [1.54, 1.807) is 13.4 Å². The van der Waals surface area contributed by atoms with Crippen molar-refractivity contribution in [2.45, 2.75) is 43.6 Å². The zero-order valence-electron chi connectivity index (χ0n) is 17.0. The fourth-order valence-electron chi connectivity index (χ4n) is 3.61. The molecule has 3 heterocycles. The van der Waals surface area contributed by atoms with Crippen molar-refractivity contribution in [2.75, 3.05) is 40.5 Å². The normalized spacial score (nSPS) is 20.9. The van der Waals surface area contributed by atoms with Crippen LogP contribution in [0.1, 0.15) is 25.0 Å². The molecule has 1 aromatic heterocycles. The largest absolute Gasteiger partial charge is 0.490 e. The van der Waals surface area contributed by atoms with Crippen LogP contribution in [0.4, 0.5) is 13.2 Å². The first-order chi connectivity index (χ1) is 14.1. The minimum Gasteiger partial charge on any atom is -0.475 e. The average Bonchev–Trinajstić information content (AvgIpc) is 3.33. The van der Waals surface area contributed by atoms with Crippen molar-refractivity contribution in [1.82, 2.24) is 9.80 Å². The summed E-state index contributed by atoms with van der Waals surface area (Å²) in [5.41, 5.74) is -0.0635. The summed E-state index contributed by atoms with van der Waals surface area (Å²) < 4.78 is 48.3. The Kier molecular flexibility index (Phi) is 8.27. The first kappa shape index (κ1) is 24.2. The molecule has 2 aliphatic heterocycles. The highest BCUT2D eigenvalue weighted by Gasteiger charge is 2.44. The van der Waals surface area contributed by atoms with Crippen LogP contribution in [0.5, 0.6) is 0 Å². The summed E-state index contributed by atoms with van der Waals surface area (Å²) >= 11 is 0. The van der Waals surface area contributed by atoms with E-state index in [-0.39, 0.29) is 18.1 Å². The Balaban J connectivity index is 0.000000396. The van der Waals surface area contributed by atoms with Gasteiger partial charge in [0.25, 0.3) is 0 Å². The molecule has 1 N–H and O–H groups in total. The molecule has 11 heteroatoms. The number of carbonyl (C=O) groups is 2. The minimum atomic E-state index is -5.08. The van der Waals surface area contributed by atoms with Gasteiger partial charge in [0.2, 0.25) is 5.91 Å². The molecule has 0 bridgehead atoms. The van der Waals surface area contributed by atoms with Crippen LogP contribution in [0.3, 0.4) is 0 Å². The van der Waals surface area contributed by atoms with E-state index in [1.807, 2.05) is 17.0 Å². The maximum Gasteiger partial charge on any atom is 0.490 e. The van der Waals surface area contributed by atoms with Gasteiger partial charge in [0.1, 0.15) is 12.4 Å². The van der Waals surface area contributed by atoms with Gasteiger partial charge in [0, 0.05) is 26.2 Å². The molecule has 1 amide bonds. The Hall–Kier alpha value is -2.11. The van der Waals surface area contributed by atoms with Crippen molar-refractivity contribution in [3.8, 4) is 0 Å². The second-order valence-corrected chi connectivity index (χ2v) is 7.46. The Morgan fingerprint density at radius 1 is 1.37 bits per heavy atom. The molecule has 170 valence electrons. The first-order valence-corrected chi connectivity index (χ1v) is 9.50. The van der Waals surface area contributed by atoms with E-state index in [9.17, 15) is 18.0 Å². The van der Waals surface area contributed by atoms with Crippen LogP contribution < -0.4 is 0 Å². The lowest BCUT2D eigenvalue weighted by molar-refractivity contribution is -0.192. The number of ether oxygens (including phenoxy) is 2. The van der Waals surface area contributed by atoms with Crippen LogP contribution >= 0.6 is 0 Å². The van der Waals surface area contributed by atoms with E-state index in [4.69, 9.17) is 23.8 Å². The molecule has 1 spiro atoms. The number of alkyl halides is 3. The van der Waals surface area contributed by atoms with Crippen LogP contribution in [-0.2, 0) is 25.6 Å². The zero-order valence-corrected chi connectivity index (χ0v) is 17.0. The van der Waals surface area contributed by atoms with Gasteiger partial charge in [0.15, 0.2) is 0 Å². The predicted molar refractivity (Wildman–Crippen MR) is 98.6 cm³/mol. The number of nitrogens with zero attached hydrogens (tertiary/aromatic N) is 2. The highest BCUT2D eigenvalue weighted by Crippen LogP contribution is 2.37. The number of carboxylic acids is 1. The van der Waals surface area contributed by atoms with Gasteiger partial charge < -0.3 is 23.9 Å². The summed E-state index contributed by atoms with van der Waals surface area (Å²) in [4.78, 5) is 25.0. The van der Waals surface area contributed by atoms with Crippen LogP contribution in [0.25, 0.3) is 0 Å². The lowest BCUT2D eigenvalue weighted by Gasteiger charge is -2.38. The lowest BCUT2D eigenvalue weighted by atomic mass is 9.87. The molecular weight excluding hydrogens is 409 g/mol. The Morgan fingerprint density at radius 3 is 2.50 bits per heavy atom. The van der Waals surface area contributed by atoms with E-state index in [2.05, 4.69) is 11.9 Å². The highest BCUT2D eigenvalue weighted by atomic mass is 19.4. The minimum absolute atomic E-state index is 0.0635. The average molecular weight is 436 g/mol. The molecule has 3 rings (SSSR count). The van der Waals surface area contributed by atoms with E-state index < -0.39 is 12.1 Å². The lowest BCUT2D eigenvalue weighted by Crippen LogP contribution is -2.47. The van der Waals surface area contributed by atoms with Crippen molar-refractivity contribution >= 4 is 11.9 Å². The molecule has 1 aromatic rings. The number of aliphatic carboxylic acids is 1. The van der Waals surface area contributed by atoms with E-state index in [1.165, 1.54) is 0 Å². The first-order valence-electron chi connectivity index (χ1n) is 9.50. The number of hydrogen-bond acceptors (Lipinski definition) is 6. The molecule has 0 aromatic carbocycles. The number of piperidine rings is 1. The van der Waals surface area contributed by atoms with Crippen LogP contribution in [0.2, 0.25) is 0 Å². The molecule has 1 unspecified atom stereocenters. The number of likely N-dealkylation sites (N-methyl/N-ethyl adjacent to an activating group) is 1. The third-order valence-electron chi connectivity index (χ3n) is 5.34. The predicted octanol–water partition coefficient (Wildman–Crippen LogP) is 2.14. The molecule has 30 heavy (non-hydrogen) atoms. The Morgan fingerprint density at radius 2 is 2.00 bits per heavy atom. The van der Waals surface area contributed by atoms with Crippen molar-refractivity contribution in [3.05, 3.63) is 24.2 Å². The molecule has 1 atom stereocenters. The van der Waals surface area contributed by atoms with Gasteiger partial charge in [-0.1, -0.05) is 0 Å². The van der Waals surface area contributed by atoms with Gasteiger partial charge in [-0.05, 0) is 38.4 Å². The monoisotopic (exact) mass is 436 g/mol. The van der Waals surface area contributed by atoms with Crippen molar-refractivity contribution < 1.29 is 41.8 Å². The Labute approximate surface area is 172 Å². The van der Waals surface area contributed by atoms with Crippen molar-refractivity contribution in [1.29, 1.82) is 0 Å². The van der Waals surface area contributed by atoms with Gasteiger partial charge >= 0.3 is 12.1 Å². The zero-order chi connectivity index (χ0) is 22.4. The number of rotatable bonds is 5. The molecule has 0 radical (unpaired) electrons. The van der Waals surface area contributed by atoms with Crippen LogP contribution in [-0.4, -0.2) is 85.1 Å². The molecule has 2 fully saturated rings. The topological polar surface area (TPSA) is 92.5 Å². The van der Waals surface area contributed by atoms with Gasteiger partial charge in [0.05, 0.1) is 25.0 Å². The smallest absolute Gasteiger partial charge is 0.475 e. The molecule has 0 aliphatic carbocycles. The molecule has 2 aliphatic rings. The molecule has 2 saturated heterocycles. The summed E-state index contributed by atoms with van der Waals surface area (Å²) in [6.45, 7) is 3.24. The van der Waals surface area contributed by atoms with E-state index in [0.29, 0.717) is 6.04 Å². The SMILES string of the molecule is COCC(=O)N1CCC2(CC1)CC(N(C)Cc1ccco1)CO2.O=C(O)C(F)(F)F. The highest BCUT2D eigenvalue weighted by molar-refractivity contribution is 5.77. The van der Waals surface area contributed by atoms with Gasteiger partial charge in [-0.3, -0.25) is 9.69 Å². The standard InChI is InChI=1S/C17H26N2O4.C2HF3O2/c1-18(11-15-4-3-9-22-15)14-10-17(23-12-14)5-7-19(8-6-17)16(20)13-21-2;3-2(4,5)1(6)7/h3-4,9,14H,5-8,10-13H2,1-2H3;(H,6,7). The fourth-order valence-corrected chi connectivity index (χ4v) is 3.61.